The van der Waals surface area contributed by atoms with Gasteiger partial charge in [0.25, 0.3) is 5.91 Å². The van der Waals surface area contributed by atoms with Crippen molar-refractivity contribution in [2.75, 3.05) is 36.8 Å². The second-order valence-electron chi connectivity index (χ2n) is 7.44. The van der Waals surface area contributed by atoms with E-state index in [0.717, 1.165) is 52.0 Å². The SMILES string of the molecule is CCCS(=O)(=O)Nc1cccc(C(=O)N2CCCC3(CCOCC3)C2)c1. The average Bonchev–Trinajstić information content (AvgIpc) is 2.61. The lowest BCUT2D eigenvalue weighted by Crippen LogP contribution is -2.48. The molecule has 0 saturated carbocycles. The van der Waals surface area contributed by atoms with E-state index in [2.05, 4.69) is 4.72 Å². The summed E-state index contributed by atoms with van der Waals surface area (Å²) < 4.78 is 32.0. The third-order valence-electron chi connectivity index (χ3n) is 5.36. The molecule has 2 fully saturated rings. The highest BCUT2D eigenvalue weighted by Gasteiger charge is 2.38. The molecule has 1 amide bonds. The first-order chi connectivity index (χ1) is 12.4. The number of benzene rings is 1. The van der Waals surface area contributed by atoms with Crippen molar-refractivity contribution in [3.63, 3.8) is 0 Å². The van der Waals surface area contributed by atoms with Crippen molar-refractivity contribution in [2.24, 2.45) is 5.41 Å². The van der Waals surface area contributed by atoms with Crippen LogP contribution in [0.25, 0.3) is 0 Å². The van der Waals surface area contributed by atoms with Gasteiger partial charge in [0.05, 0.1) is 5.75 Å². The summed E-state index contributed by atoms with van der Waals surface area (Å²) in [6.45, 7) is 4.89. The summed E-state index contributed by atoms with van der Waals surface area (Å²) >= 11 is 0. The number of ether oxygens (including phenoxy) is 1. The van der Waals surface area contributed by atoms with Gasteiger partial charge in [-0.25, -0.2) is 8.42 Å². The normalized spacial score (nSPS) is 20.1. The maximum Gasteiger partial charge on any atom is 0.253 e. The van der Waals surface area contributed by atoms with Crippen molar-refractivity contribution < 1.29 is 17.9 Å². The standard InChI is InChI=1S/C19H28N2O4S/c1-2-13-26(23,24)20-17-6-3-5-16(14-17)18(22)21-10-4-7-19(15-21)8-11-25-12-9-19/h3,5-6,14,20H,2,4,7-13,15H2,1H3. The van der Waals surface area contributed by atoms with E-state index in [9.17, 15) is 13.2 Å². The van der Waals surface area contributed by atoms with Crippen LogP contribution in [0.15, 0.2) is 24.3 Å². The molecule has 2 heterocycles. The van der Waals surface area contributed by atoms with Gasteiger partial charge in [0.2, 0.25) is 10.0 Å². The molecule has 3 rings (SSSR count). The van der Waals surface area contributed by atoms with Crippen molar-refractivity contribution in [2.45, 2.75) is 39.0 Å². The highest BCUT2D eigenvalue weighted by Crippen LogP contribution is 2.39. The Kier molecular flexibility index (Phi) is 5.87. The van der Waals surface area contributed by atoms with Crippen LogP contribution in [0.4, 0.5) is 5.69 Å². The average molecular weight is 381 g/mol. The monoisotopic (exact) mass is 380 g/mol. The smallest absolute Gasteiger partial charge is 0.253 e. The minimum Gasteiger partial charge on any atom is -0.381 e. The fraction of sp³-hybridized carbons (Fsp3) is 0.632. The second-order valence-corrected chi connectivity index (χ2v) is 9.29. The third kappa shape index (κ3) is 4.57. The molecule has 0 unspecified atom stereocenters. The van der Waals surface area contributed by atoms with Gasteiger partial charge in [-0.1, -0.05) is 13.0 Å². The van der Waals surface area contributed by atoms with Gasteiger partial charge in [-0.3, -0.25) is 9.52 Å². The van der Waals surface area contributed by atoms with E-state index in [1.165, 1.54) is 0 Å². The van der Waals surface area contributed by atoms with Crippen molar-refractivity contribution in [3.8, 4) is 0 Å². The molecule has 6 nitrogen and oxygen atoms in total. The van der Waals surface area contributed by atoms with Crippen LogP contribution >= 0.6 is 0 Å². The van der Waals surface area contributed by atoms with Gasteiger partial charge >= 0.3 is 0 Å². The molecule has 7 heteroatoms. The van der Waals surface area contributed by atoms with Crippen LogP contribution in [-0.2, 0) is 14.8 Å². The molecule has 0 atom stereocenters. The molecule has 1 N–H and O–H groups in total. The molecule has 2 aliphatic rings. The molecule has 26 heavy (non-hydrogen) atoms. The summed E-state index contributed by atoms with van der Waals surface area (Å²) in [5.41, 5.74) is 1.17. The second kappa shape index (κ2) is 7.96. The van der Waals surface area contributed by atoms with E-state index in [1.807, 2.05) is 11.8 Å². The molecule has 2 saturated heterocycles. The molecule has 1 aromatic carbocycles. The quantitative estimate of drug-likeness (QED) is 0.852. The predicted molar refractivity (Wildman–Crippen MR) is 102 cm³/mol. The number of nitrogens with one attached hydrogen (secondary N) is 1. The van der Waals surface area contributed by atoms with E-state index in [-0.39, 0.29) is 17.1 Å². The lowest BCUT2D eigenvalue weighted by molar-refractivity contribution is -0.0229. The number of sulfonamides is 1. The molecular weight excluding hydrogens is 352 g/mol. The van der Waals surface area contributed by atoms with Crippen LogP contribution in [0.3, 0.4) is 0 Å². The molecule has 0 aliphatic carbocycles. The first kappa shape index (κ1) is 19.2. The summed E-state index contributed by atoms with van der Waals surface area (Å²) in [5.74, 6) is 0.0501. The first-order valence-electron chi connectivity index (χ1n) is 9.41. The minimum absolute atomic E-state index is 0.0212. The van der Waals surface area contributed by atoms with E-state index < -0.39 is 10.0 Å². The van der Waals surface area contributed by atoms with Gasteiger partial charge in [-0.2, -0.15) is 0 Å². The maximum absolute atomic E-state index is 13.0. The lowest BCUT2D eigenvalue weighted by Gasteiger charge is -2.45. The molecule has 1 aromatic rings. The number of amides is 1. The Bertz CT molecular complexity index is 736. The number of hydrogen-bond donors (Lipinski definition) is 1. The maximum atomic E-state index is 13.0. The summed E-state index contributed by atoms with van der Waals surface area (Å²) in [5, 5.41) is 0. The van der Waals surface area contributed by atoms with Crippen LogP contribution in [0.1, 0.15) is 49.4 Å². The van der Waals surface area contributed by atoms with Gasteiger partial charge in [0.1, 0.15) is 0 Å². The fourth-order valence-corrected chi connectivity index (χ4v) is 5.12. The Morgan fingerprint density at radius 1 is 1.27 bits per heavy atom. The van der Waals surface area contributed by atoms with Gasteiger partial charge < -0.3 is 9.64 Å². The molecule has 0 bridgehead atoms. The Balaban J connectivity index is 1.72. The van der Waals surface area contributed by atoms with E-state index >= 15 is 0 Å². The van der Waals surface area contributed by atoms with Crippen LogP contribution in [-0.4, -0.2) is 51.3 Å². The summed E-state index contributed by atoms with van der Waals surface area (Å²) in [6, 6.07) is 6.80. The molecule has 0 aromatic heterocycles. The fourth-order valence-electron chi connectivity index (χ4n) is 3.99. The van der Waals surface area contributed by atoms with Gasteiger partial charge in [-0.15, -0.1) is 0 Å². The largest absolute Gasteiger partial charge is 0.381 e. The third-order valence-corrected chi connectivity index (χ3v) is 6.85. The van der Waals surface area contributed by atoms with Crippen molar-refractivity contribution in [1.29, 1.82) is 0 Å². The lowest BCUT2D eigenvalue weighted by atomic mass is 9.74. The number of nitrogens with zero attached hydrogens (tertiary/aromatic N) is 1. The Hall–Kier alpha value is -1.60. The summed E-state index contributed by atoms with van der Waals surface area (Å²) in [4.78, 5) is 14.9. The number of hydrogen-bond acceptors (Lipinski definition) is 4. The number of rotatable bonds is 5. The first-order valence-corrected chi connectivity index (χ1v) is 11.1. The Morgan fingerprint density at radius 2 is 2.04 bits per heavy atom. The van der Waals surface area contributed by atoms with E-state index in [0.29, 0.717) is 17.7 Å². The van der Waals surface area contributed by atoms with Gasteiger partial charge in [0.15, 0.2) is 0 Å². The molecule has 1 spiro atoms. The number of carbonyl (C=O) groups excluding carboxylic acids is 1. The molecule has 144 valence electrons. The number of carbonyl (C=O) groups is 1. The van der Waals surface area contributed by atoms with E-state index in [1.54, 1.807) is 24.3 Å². The van der Waals surface area contributed by atoms with Crippen LogP contribution in [0.5, 0.6) is 0 Å². The van der Waals surface area contributed by atoms with Gasteiger partial charge in [0, 0.05) is 37.6 Å². The molecule has 0 radical (unpaired) electrons. The van der Waals surface area contributed by atoms with Crippen molar-refractivity contribution in [3.05, 3.63) is 29.8 Å². The van der Waals surface area contributed by atoms with Crippen LogP contribution in [0.2, 0.25) is 0 Å². The minimum atomic E-state index is -3.36. The number of likely N-dealkylation sites (tertiary alicyclic amines) is 1. The zero-order valence-electron chi connectivity index (χ0n) is 15.4. The number of piperidine rings is 1. The topological polar surface area (TPSA) is 75.7 Å². The predicted octanol–water partition coefficient (Wildman–Crippen LogP) is 2.87. The highest BCUT2D eigenvalue weighted by molar-refractivity contribution is 7.92. The van der Waals surface area contributed by atoms with E-state index in [4.69, 9.17) is 4.74 Å². The zero-order chi connectivity index (χ0) is 18.6. The van der Waals surface area contributed by atoms with Crippen molar-refractivity contribution >= 4 is 21.6 Å². The highest BCUT2D eigenvalue weighted by atomic mass is 32.2. The Morgan fingerprint density at radius 3 is 2.77 bits per heavy atom. The van der Waals surface area contributed by atoms with Crippen molar-refractivity contribution in [1.82, 2.24) is 4.90 Å². The number of anilines is 1. The zero-order valence-corrected chi connectivity index (χ0v) is 16.2. The summed E-state index contributed by atoms with van der Waals surface area (Å²) in [6.07, 6.45) is 4.72. The Labute approximate surface area is 156 Å². The van der Waals surface area contributed by atoms with Crippen LogP contribution < -0.4 is 4.72 Å². The summed E-state index contributed by atoms with van der Waals surface area (Å²) in [7, 11) is -3.36. The molecule has 2 aliphatic heterocycles. The van der Waals surface area contributed by atoms with Gasteiger partial charge in [-0.05, 0) is 55.7 Å². The van der Waals surface area contributed by atoms with Crippen LogP contribution in [0, 0.1) is 5.41 Å². The molecular formula is C19H28N2O4S.